The number of hydrogen-bond acceptors (Lipinski definition) is 9. The molecular formula is C23H25N3O6S. The fourth-order valence-electron chi connectivity index (χ4n) is 3.06. The first kappa shape index (κ1) is 23.9. The number of hydrogen-bond donors (Lipinski definition) is 1. The van der Waals surface area contributed by atoms with Gasteiger partial charge in [0.1, 0.15) is 5.01 Å². The van der Waals surface area contributed by atoms with E-state index in [2.05, 4.69) is 15.5 Å². The van der Waals surface area contributed by atoms with E-state index in [1.165, 1.54) is 38.7 Å². The molecule has 10 heteroatoms. The van der Waals surface area contributed by atoms with Crippen LogP contribution in [0.5, 0.6) is 28.7 Å². The summed E-state index contributed by atoms with van der Waals surface area (Å²) in [7, 11) is 7.78. The van der Waals surface area contributed by atoms with Crippen LogP contribution in [0.1, 0.15) is 16.1 Å². The Labute approximate surface area is 195 Å². The quantitative estimate of drug-likeness (QED) is 0.446. The highest BCUT2D eigenvalue weighted by Crippen LogP contribution is 2.38. The van der Waals surface area contributed by atoms with Crippen LogP contribution in [0.3, 0.4) is 0 Å². The number of ether oxygens (including phenoxy) is 5. The van der Waals surface area contributed by atoms with Gasteiger partial charge in [-0.2, -0.15) is 0 Å². The van der Waals surface area contributed by atoms with Crippen molar-refractivity contribution in [2.75, 3.05) is 40.9 Å². The van der Waals surface area contributed by atoms with Crippen LogP contribution in [0.2, 0.25) is 0 Å². The first-order valence-electron chi connectivity index (χ1n) is 9.83. The zero-order chi connectivity index (χ0) is 23.8. The number of anilines is 1. The minimum absolute atomic E-state index is 0.336. The van der Waals surface area contributed by atoms with Gasteiger partial charge in [0.15, 0.2) is 23.0 Å². The summed E-state index contributed by atoms with van der Waals surface area (Å²) in [6, 6.07) is 9.15. The maximum Gasteiger partial charge on any atom is 0.250 e. The maximum atomic E-state index is 12.4. The lowest BCUT2D eigenvalue weighted by Gasteiger charge is -2.12. The van der Waals surface area contributed by atoms with Crippen molar-refractivity contribution in [1.82, 2.24) is 10.2 Å². The average Bonchev–Trinajstić information content (AvgIpc) is 3.28. The second kappa shape index (κ2) is 11.2. The third-order valence-corrected chi connectivity index (χ3v) is 5.45. The van der Waals surface area contributed by atoms with E-state index >= 15 is 0 Å². The van der Waals surface area contributed by atoms with Gasteiger partial charge in [-0.05, 0) is 41.5 Å². The second-order valence-corrected chi connectivity index (χ2v) is 7.71. The van der Waals surface area contributed by atoms with E-state index in [0.29, 0.717) is 45.9 Å². The van der Waals surface area contributed by atoms with E-state index in [0.717, 1.165) is 10.6 Å². The van der Waals surface area contributed by atoms with E-state index < -0.39 is 0 Å². The van der Waals surface area contributed by atoms with Gasteiger partial charge in [-0.15, -0.1) is 10.2 Å². The van der Waals surface area contributed by atoms with Crippen molar-refractivity contribution in [3.63, 3.8) is 0 Å². The minimum Gasteiger partial charge on any atom is -0.493 e. The molecule has 1 amide bonds. The number of amides is 1. The number of carbonyl (C=O) groups excluding carboxylic acids is 1. The number of nitrogens with one attached hydrogen (secondary N) is 1. The first-order chi connectivity index (χ1) is 16.0. The van der Waals surface area contributed by atoms with Gasteiger partial charge in [0.2, 0.25) is 16.8 Å². The van der Waals surface area contributed by atoms with Gasteiger partial charge >= 0.3 is 0 Å². The van der Waals surface area contributed by atoms with Crippen molar-refractivity contribution in [3.05, 3.63) is 52.5 Å². The molecule has 0 fully saturated rings. The molecule has 0 bridgehead atoms. The summed E-state index contributed by atoms with van der Waals surface area (Å²) in [6.07, 6.45) is 3.59. The largest absolute Gasteiger partial charge is 0.493 e. The number of methoxy groups -OCH3 is 5. The van der Waals surface area contributed by atoms with Crippen LogP contribution < -0.4 is 29.0 Å². The average molecular weight is 472 g/mol. The van der Waals surface area contributed by atoms with E-state index in [4.69, 9.17) is 23.7 Å². The normalized spacial score (nSPS) is 10.7. The van der Waals surface area contributed by atoms with Gasteiger partial charge in [-0.25, -0.2) is 0 Å². The zero-order valence-electron chi connectivity index (χ0n) is 19.0. The van der Waals surface area contributed by atoms with Crippen LogP contribution in [0.25, 0.3) is 6.08 Å². The van der Waals surface area contributed by atoms with Gasteiger partial charge in [-0.3, -0.25) is 10.1 Å². The molecule has 0 radical (unpaired) electrons. The molecule has 0 saturated heterocycles. The molecule has 0 spiro atoms. The van der Waals surface area contributed by atoms with Crippen LogP contribution >= 0.6 is 11.3 Å². The maximum absolute atomic E-state index is 12.4. The number of nitrogens with zero attached hydrogens (tertiary/aromatic N) is 2. The van der Waals surface area contributed by atoms with Crippen molar-refractivity contribution in [3.8, 4) is 28.7 Å². The monoisotopic (exact) mass is 471 g/mol. The van der Waals surface area contributed by atoms with Crippen LogP contribution in [-0.4, -0.2) is 51.7 Å². The Bertz CT molecular complexity index is 1120. The molecule has 1 heterocycles. The molecule has 0 unspecified atom stereocenters. The number of benzene rings is 2. The minimum atomic E-state index is -0.336. The van der Waals surface area contributed by atoms with Gasteiger partial charge in [0, 0.05) is 12.5 Å². The summed E-state index contributed by atoms with van der Waals surface area (Å²) in [5.41, 5.74) is 1.70. The van der Waals surface area contributed by atoms with Crippen LogP contribution in [0.15, 0.2) is 36.4 Å². The smallest absolute Gasteiger partial charge is 0.250 e. The van der Waals surface area contributed by atoms with Crippen LogP contribution in [0.4, 0.5) is 5.13 Å². The van der Waals surface area contributed by atoms with E-state index in [1.54, 1.807) is 32.4 Å². The summed E-state index contributed by atoms with van der Waals surface area (Å²) >= 11 is 1.30. The molecular weight excluding hydrogens is 446 g/mol. The van der Waals surface area contributed by atoms with Crippen molar-refractivity contribution in [2.24, 2.45) is 0 Å². The van der Waals surface area contributed by atoms with Crippen molar-refractivity contribution in [2.45, 2.75) is 6.42 Å². The number of carbonyl (C=O) groups is 1. The Balaban J connectivity index is 1.66. The Hall–Kier alpha value is -3.79. The summed E-state index contributed by atoms with van der Waals surface area (Å²) in [5.74, 6) is 2.45. The standard InChI is InChI=1S/C23H25N3O6S/c1-28-16-8-6-15(10-17(16)29-2)13-21-25-26-23(33-21)24-20(27)9-7-14-11-18(30-3)22(32-5)19(12-14)31-4/h6-12H,13H2,1-5H3,(H,24,26,27)/b9-7+. The molecule has 0 aliphatic rings. The predicted octanol–water partition coefficient (Wildman–Crippen LogP) is 3.82. The highest BCUT2D eigenvalue weighted by Gasteiger charge is 2.13. The van der Waals surface area contributed by atoms with E-state index in [-0.39, 0.29) is 5.91 Å². The highest BCUT2D eigenvalue weighted by atomic mass is 32.1. The van der Waals surface area contributed by atoms with E-state index in [1.807, 2.05) is 18.2 Å². The lowest BCUT2D eigenvalue weighted by atomic mass is 10.1. The molecule has 0 saturated carbocycles. The third kappa shape index (κ3) is 5.92. The lowest BCUT2D eigenvalue weighted by molar-refractivity contribution is -0.111. The molecule has 0 aliphatic heterocycles. The Morgan fingerprint density at radius 2 is 1.55 bits per heavy atom. The second-order valence-electron chi connectivity index (χ2n) is 6.65. The molecule has 2 aromatic carbocycles. The first-order valence-corrected chi connectivity index (χ1v) is 10.6. The Morgan fingerprint density at radius 3 is 2.15 bits per heavy atom. The fraction of sp³-hybridized carbons (Fsp3) is 0.261. The molecule has 1 aromatic heterocycles. The SMILES string of the molecule is COc1ccc(Cc2nnc(NC(=O)/C=C/c3cc(OC)c(OC)c(OC)c3)s2)cc1OC. The molecule has 3 rings (SSSR count). The molecule has 174 valence electrons. The summed E-state index contributed by atoms with van der Waals surface area (Å²) < 4.78 is 26.6. The number of rotatable bonds is 10. The topological polar surface area (TPSA) is 101 Å². The van der Waals surface area contributed by atoms with Crippen LogP contribution in [0, 0.1) is 0 Å². The Kier molecular flexibility index (Phi) is 8.09. The molecule has 3 aromatic rings. The van der Waals surface area contributed by atoms with Crippen LogP contribution in [-0.2, 0) is 11.2 Å². The van der Waals surface area contributed by atoms with Crippen molar-refractivity contribution in [1.29, 1.82) is 0 Å². The molecule has 9 nitrogen and oxygen atoms in total. The van der Waals surface area contributed by atoms with Gasteiger partial charge in [0.05, 0.1) is 35.5 Å². The van der Waals surface area contributed by atoms with Crippen molar-refractivity contribution < 1.29 is 28.5 Å². The highest BCUT2D eigenvalue weighted by molar-refractivity contribution is 7.15. The lowest BCUT2D eigenvalue weighted by Crippen LogP contribution is -2.07. The molecule has 0 aliphatic carbocycles. The molecule has 1 N–H and O–H groups in total. The third-order valence-electron chi connectivity index (χ3n) is 4.61. The summed E-state index contributed by atoms with van der Waals surface area (Å²) in [6.45, 7) is 0. The predicted molar refractivity (Wildman–Crippen MR) is 126 cm³/mol. The van der Waals surface area contributed by atoms with E-state index in [9.17, 15) is 4.79 Å². The van der Waals surface area contributed by atoms with Gasteiger partial charge in [0.25, 0.3) is 0 Å². The molecule has 0 atom stereocenters. The van der Waals surface area contributed by atoms with Crippen molar-refractivity contribution >= 4 is 28.5 Å². The summed E-state index contributed by atoms with van der Waals surface area (Å²) in [5, 5.41) is 12.1. The van der Waals surface area contributed by atoms with Gasteiger partial charge in [-0.1, -0.05) is 17.4 Å². The number of aromatic nitrogens is 2. The Morgan fingerprint density at radius 1 is 0.879 bits per heavy atom. The van der Waals surface area contributed by atoms with Gasteiger partial charge < -0.3 is 23.7 Å². The summed E-state index contributed by atoms with van der Waals surface area (Å²) in [4.78, 5) is 12.4. The fourth-order valence-corrected chi connectivity index (χ4v) is 3.83. The molecule has 33 heavy (non-hydrogen) atoms. The zero-order valence-corrected chi connectivity index (χ0v) is 19.8.